The topological polar surface area (TPSA) is 95.5 Å². The molecule has 0 aliphatic rings. The predicted molar refractivity (Wildman–Crippen MR) is 52.3 cm³/mol. The lowest BCUT2D eigenvalue weighted by Crippen LogP contribution is -2.41. The lowest BCUT2D eigenvalue weighted by molar-refractivity contribution is 0.104. The number of aliphatic hydroxyl groups is 2. The standard InChI is InChI=1S/C8H14N4O2/c1-5(13)12(6(2)14)8-7(9)3-10-4-11-8/h3-6,13-14H,9H2,1-2H3. The first-order valence-corrected chi connectivity index (χ1v) is 4.24. The highest BCUT2D eigenvalue weighted by Gasteiger charge is 2.20. The maximum atomic E-state index is 9.41. The second kappa shape index (κ2) is 4.21. The summed E-state index contributed by atoms with van der Waals surface area (Å²) in [6, 6.07) is 0. The molecule has 2 unspecified atom stereocenters. The van der Waals surface area contributed by atoms with Crippen LogP contribution in [0.3, 0.4) is 0 Å². The lowest BCUT2D eigenvalue weighted by atomic mass is 10.3. The number of hydrogen-bond donors (Lipinski definition) is 3. The minimum absolute atomic E-state index is 0.314. The van der Waals surface area contributed by atoms with Crippen LogP contribution in [0.1, 0.15) is 13.8 Å². The van der Waals surface area contributed by atoms with Crippen molar-refractivity contribution < 1.29 is 10.2 Å². The van der Waals surface area contributed by atoms with Crippen LogP contribution in [0.5, 0.6) is 0 Å². The van der Waals surface area contributed by atoms with E-state index < -0.39 is 12.5 Å². The van der Waals surface area contributed by atoms with Crippen molar-refractivity contribution in [2.75, 3.05) is 10.6 Å². The van der Waals surface area contributed by atoms with Gasteiger partial charge < -0.3 is 20.8 Å². The molecule has 0 aromatic carbocycles. The fourth-order valence-corrected chi connectivity index (χ4v) is 1.22. The highest BCUT2D eigenvalue weighted by molar-refractivity contribution is 5.61. The molecule has 0 aliphatic carbocycles. The summed E-state index contributed by atoms with van der Waals surface area (Å²) in [7, 11) is 0. The summed E-state index contributed by atoms with van der Waals surface area (Å²) < 4.78 is 0. The molecule has 4 N–H and O–H groups in total. The number of hydrogen-bond acceptors (Lipinski definition) is 6. The number of nitrogens with two attached hydrogens (primary N) is 1. The third kappa shape index (κ3) is 2.09. The number of aliphatic hydroxyl groups excluding tert-OH is 2. The van der Waals surface area contributed by atoms with Gasteiger partial charge in [0.15, 0.2) is 5.82 Å². The molecule has 14 heavy (non-hydrogen) atoms. The summed E-state index contributed by atoms with van der Waals surface area (Å²) in [5.41, 5.74) is 5.92. The Balaban J connectivity index is 3.05. The van der Waals surface area contributed by atoms with Crippen molar-refractivity contribution >= 4 is 11.5 Å². The van der Waals surface area contributed by atoms with E-state index in [2.05, 4.69) is 9.97 Å². The number of aromatic nitrogens is 2. The minimum atomic E-state index is -0.868. The van der Waals surface area contributed by atoms with E-state index in [1.807, 2.05) is 0 Å². The summed E-state index contributed by atoms with van der Waals surface area (Å²) in [5.74, 6) is 0.324. The van der Waals surface area contributed by atoms with Crippen LogP contribution in [0.2, 0.25) is 0 Å². The molecule has 0 saturated carbocycles. The molecule has 0 fully saturated rings. The Kier molecular flexibility index (Phi) is 3.21. The van der Waals surface area contributed by atoms with Gasteiger partial charge in [0.25, 0.3) is 0 Å². The first kappa shape index (κ1) is 10.7. The van der Waals surface area contributed by atoms with Crippen LogP contribution >= 0.6 is 0 Å². The first-order valence-electron chi connectivity index (χ1n) is 4.24. The zero-order valence-electron chi connectivity index (χ0n) is 8.12. The fraction of sp³-hybridized carbons (Fsp3) is 0.500. The molecular formula is C8H14N4O2. The Morgan fingerprint density at radius 2 is 1.93 bits per heavy atom. The van der Waals surface area contributed by atoms with Gasteiger partial charge in [-0.15, -0.1) is 0 Å². The van der Waals surface area contributed by atoms with Gasteiger partial charge in [-0.1, -0.05) is 0 Å². The fourth-order valence-electron chi connectivity index (χ4n) is 1.22. The molecule has 1 rings (SSSR count). The third-order valence-corrected chi connectivity index (χ3v) is 1.77. The highest BCUT2D eigenvalue weighted by atomic mass is 16.3. The Morgan fingerprint density at radius 3 is 2.36 bits per heavy atom. The van der Waals surface area contributed by atoms with Gasteiger partial charge >= 0.3 is 0 Å². The van der Waals surface area contributed by atoms with Crippen LogP contribution in [0, 0.1) is 0 Å². The van der Waals surface area contributed by atoms with Crippen LogP contribution in [-0.4, -0.2) is 32.6 Å². The summed E-state index contributed by atoms with van der Waals surface area (Å²) in [4.78, 5) is 8.90. The van der Waals surface area contributed by atoms with E-state index in [-0.39, 0.29) is 0 Å². The maximum absolute atomic E-state index is 9.41. The molecular weight excluding hydrogens is 184 g/mol. The van der Waals surface area contributed by atoms with Gasteiger partial charge in [0.2, 0.25) is 0 Å². The van der Waals surface area contributed by atoms with Crippen molar-refractivity contribution in [3.8, 4) is 0 Å². The normalized spacial score (nSPS) is 14.9. The molecule has 6 nitrogen and oxygen atoms in total. The van der Waals surface area contributed by atoms with E-state index in [4.69, 9.17) is 5.73 Å². The van der Waals surface area contributed by atoms with Crippen LogP contribution in [0.25, 0.3) is 0 Å². The summed E-state index contributed by atoms with van der Waals surface area (Å²) >= 11 is 0. The molecule has 0 spiro atoms. The molecule has 0 aliphatic heterocycles. The monoisotopic (exact) mass is 198 g/mol. The van der Waals surface area contributed by atoms with Gasteiger partial charge in [0.05, 0.1) is 11.9 Å². The van der Waals surface area contributed by atoms with Crippen molar-refractivity contribution in [2.45, 2.75) is 26.3 Å². The molecule has 78 valence electrons. The smallest absolute Gasteiger partial charge is 0.159 e. The number of anilines is 2. The summed E-state index contributed by atoms with van der Waals surface area (Å²) in [6.07, 6.45) is 0.989. The van der Waals surface area contributed by atoms with Gasteiger partial charge in [-0.05, 0) is 13.8 Å². The van der Waals surface area contributed by atoms with E-state index >= 15 is 0 Å². The molecule has 1 aromatic rings. The average molecular weight is 198 g/mol. The Morgan fingerprint density at radius 1 is 1.36 bits per heavy atom. The highest BCUT2D eigenvalue weighted by Crippen LogP contribution is 2.21. The SMILES string of the molecule is CC(O)N(c1ncncc1N)C(C)O. The second-order valence-corrected chi connectivity index (χ2v) is 2.97. The molecule has 2 atom stereocenters. The van der Waals surface area contributed by atoms with E-state index in [1.165, 1.54) is 31.3 Å². The lowest BCUT2D eigenvalue weighted by Gasteiger charge is -2.29. The quantitative estimate of drug-likeness (QED) is 0.569. The largest absolute Gasteiger partial charge is 0.394 e. The molecule has 0 amide bonds. The van der Waals surface area contributed by atoms with Crippen LogP contribution in [0.4, 0.5) is 11.5 Å². The number of nitrogens with zero attached hydrogens (tertiary/aromatic N) is 3. The van der Waals surface area contributed by atoms with Gasteiger partial charge in [-0.3, -0.25) is 0 Å². The van der Waals surface area contributed by atoms with Crippen molar-refractivity contribution in [2.24, 2.45) is 0 Å². The number of nitrogen functional groups attached to an aromatic ring is 1. The Bertz CT molecular complexity index is 295. The Labute approximate surface area is 82.0 Å². The molecule has 1 heterocycles. The summed E-state index contributed by atoms with van der Waals surface area (Å²) in [6.45, 7) is 3.04. The van der Waals surface area contributed by atoms with Crippen molar-refractivity contribution in [1.82, 2.24) is 9.97 Å². The predicted octanol–water partition coefficient (Wildman–Crippen LogP) is -0.458. The molecule has 0 radical (unpaired) electrons. The molecule has 0 bridgehead atoms. The first-order chi connectivity index (χ1) is 6.54. The van der Waals surface area contributed by atoms with E-state index in [0.717, 1.165) is 0 Å². The maximum Gasteiger partial charge on any atom is 0.159 e. The van der Waals surface area contributed by atoms with Gasteiger partial charge in [0.1, 0.15) is 18.8 Å². The summed E-state index contributed by atoms with van der Waals surface area (Å²) in [5, 5.41) is 18.8. The van der Waals surface area contributed by atoms with Crippen molar-refractivity contribution in [3.05, 3.63) is 12.5 Å². The van der Waals surface area contributed by atoms with Crippen molar-refractivity contribution in [1.29, 1.82) is 0 Å². The Hall–Kier alpha value is -1.40. The average Bonchev–Trinajstić information content (AvgIpc) is 2.07. The van der Waals surface area contributed by atoms with E-state index in [1.54, 1.807) is 0 Å². The molecule has 6 heteroatoms. The molecule has 0 saturated heterocycles. The zero-order valence-corrected chi connectivity index (χ0v) is 8.12. The minimum Gasteiger partial charge on any atom is -0.394 e. The third-order valence-electron chi connectivity index (χ3n) is 1.77. The van der Waals surface area contributed by atoms with Crippen LogP contribution in [0.15, 0.2) is 12.5 Å². The van der Waals surface area contributed by atoms with Gasteiger partial charge in [-0.2, -0.15) is 0 Å². The van der Waals surface area contributed by atoms with E-state index in [0.29, 0.717) is 11.5 Å². The van der Waals surface area contributed by atoms with E-state index in [9.17, 15) is 10.2 Å². The van der Waals surface area contributed by atoms with Gasteiger partial charge in [0, 0.05) is 0 Å². The second-order valence-electron chi connectivity index (χ2n) is 2.97. The zero-order chi connectivity index (χ0) is 10.7. The number of rotatable bonds is 3. The van der Waals surface area contributed by atoms with Crippen LogP contribution < -0.4 is 10.6 Å². The molecule has 1 aromatic heterocycles. The van der Waals surface area contributed by atoms with Crippen molar-refractivity contribution in [3.63, 3.8) is 0 Å². The van der Waals surface area contributed by atoms with Gasteiger partial charge in [-0.25, -0.2) is 9.97 Å². The van der Waals surface area contributed by atoms with Crippen LogP contribution in [-0.2, 0) is 0 Å².